The Bertz CT molecular complexity index is 878. The maximum absolute atomic E-state index is 6.08. The van der Waals surface area contributed by atoms with Crippen LogP contribution in [0.2, 0.25) is 0 Å². The zero-order valence-electron chi connectivity index (χ0n) is 16.7. The van der Waals surface area contributed by atoms with Crippen LogP contribution in [0.15, 0.2) is 79.1 Å². The summed E-state index contributed by atoms with van der Waals surface area (Å²) in [7, 11) is 0. The minimum atomic E-state index is 0.130. The van der Waals surface area contributed by atoms with Gasteiger partial charge >= 0.3 is 0 Å². The van der Waals surface area contributed by atoms with Crippen LogP contribution in [0.4, 0.5) is 0 Å². The van der Waals surface area contributed by atoms with Gasteiger partial charge in [-0.2, -0.15) is 0 Å². The molecule has 1 fully saturated rings. The normalized spacial score (nSPS) is 15.7. The summed E-state index contributed by atoms with van der Waals surface area (Å²) in [5.74, 6) is 0.921. The lowest BCUT2D eigenvalue weighted by Crippen LogP contribution is -2.42. The van der Waals surface area contributed by atoms with Crippen LogP contribution in [0.25, 0.3) is 0 Å². The monoisotopic (exact) mass is 388 g/mol. The topological polar surface area (TPSA) is 43.4 Å². The van der Waals surface area contributed by atoms with Crippen molar-refractivity contribution in [3.8, 4) is 5.75 Å². The Morgan fingerprint density at radius 1 is 0.931 bits per heavy atom. The van der Waals surface area contributed by atoms with Gasteiger partial charge in [-0.3, -0.25) is 4.98 Å². The Kier molecular flexibility index (Phi) is 6.55. The summed E-state index contributed by atoms with van der Waals surface area (Å²) in [6, 6.07) is 23.1. The lowest BCUT2D eigenvalue weighted by atomic mass is 9.74. The first-order valence-corrected chi connectivity index (χ1v) is 10.3. The van der Waals surface area contributed by atoms with Gasteiger partial charge < -0.3 is 14.8 Å². The Hall–Kier alpha value is -2.69. The van der Waals surface area contributed by atoms with E-state index in [4.69, 9.17) is 9.47 Å². The molecule has 0 spiro atoms. The molecule has 4 heteroatoms. The smallest absolute Gasteiger partial charge is 0.124 e. The molecule has 1 saturated heterocycles. The summed E-state index contributed by atoms with van der Waals surface area (Å²) in [4.78, 5) is 4.15. The second-order valence-electron chi connectivity index (χ2n) is 7.62. The summed E-state index contributed by atoms with van der Waals surface area (Å²) in [5, 5.41) is 3.70. The van der Waals surface area contributed by atoms with E-state index >= 15 is 0 Å². The fourth-order valence-corrected chi connectivity index (χ4v) is 3.99. The van der Waals surface area contributed by atoms with Crippen molar-refractivity contribution in [2.75, 3.05) is 19.8 Å². The maximum Gasteiger partial charge on any atom is 0.124 e. The summed E-state index contributed by atoms with van der Waals surface area (Å²) in [5.41, 5.74) is 3.77. The molecular formula is C25H28N2O2. The molecule has 0 unspecified atom stereocenters. The van der Waals surface area contributed by atoms with Crippen LogP contribution in [0.1, 0.15) is 29.5 Å². The summed E-state index contributed by atoms with van der Waals surface area (Å²) < 4.78 is 11.7. The third-order valence-electron chi connectivity index (χ3n) is 5.70. The highest BCUT2D eigenvalue weighted by molar-refractivity contribution is 5.34. The molecule has 1 aromatic heterocycles. The van der Waals surface area contributed by atoms with Crippen LogP contribution in [0.5, 0.6) is 5.75 Å². The van der Waals surface area contributed by atoms with Crippen LogP contribution >= 0.6 is 0 Å². The van der Waals surface area contributed by atoms with Gasteiger partial charge in [0.25, 0.3) is 0 Å². The number of nitrogens with one attached hydrogen (secondary N) is 1. The molecule has 0 amide bonds. The maximum atomic E-state index is 6.08. The molecule has 0 atom stereocenters. The van der Waals surface area contributed by atoms with E-state index in [0.717, 1.165) is 50.5 Å². The zero-order valence-corrected chi connectivity index (χ0v) is 16.7. The minimum absolute atomic E-state index is 0.130. The van der Waals surface area contributed by atoms with Gasteiger partial charge in [0.05, 0.1) is 0 Å². The quantitative estimate of drug-likeness (QED) is 0.617. The van der Waals surface area contributed by atoms with Crippen molar-refractivity contribution in [2.45, 2.75) is 31.4 Å². The predicted molar refractivity (Wildman–Crippen MR) is 115 cm³/mol. The van der Waals surface area contributed by atoms with E-state index in [1.165, 1.54) is 11.1 Å². The van der Waals surface area contributed by atoms with Gasteiger partial charge in [-0.15, -0.1) is 0 Å². The van der Waals surface area contributed by atoms with E-state index < -0.39 is 0 Å². The first kappa shape index (κ1) is 19.6. The van der Waals surface area contributed by atoms with Crippen LogP contribution < -0.4 is 10.1 Å². The van der Waals surface area contributed by atoms with E-state index in [2.05, 4.69) is 52.8 Å². The molecule has 1 aliphatic heterocycles. The molecule has 0 bridgehead atoms. The van der Waals surface area contributed by atoms with Crippen molar-refractivity contribution >= 4 is 0 Å². The van der Waals surface area contributed by atoms with Crippen molar-refractivity contribution in [2.24, 2.45) is 0 Å². The van der Waals surface area contributed by atoms with Crippen molar-refractivity contribution in [1.29, 1.82) is 0 Å². The molecule has 2 heterocycles. The SMILES string of the molecule is c1ccc(C2(CNCc3ccccc3OCc3cccnc3)CCOCC2)cc1. The number of pyridine rings is 1. The number of hydrogen-bond acceptors (Lipinski definition) is 4. The fourth-order valence-electron chi connectivity index (χ4n) is 3.99. The highest BCUT2D eigenvalue weighted by atomic mass is 16.5. The second kappa shape index (κ2) is 9.68. The highest BCUT2D eigenvalue weighted by Gasteiger charge is 2.33. The van der Waals surface area contributed by atoms with E-state index in [0.29, 0.717) is 6.61 Å². The van der Waals surface area contributed by atoms with Gasteiger partial charge in [-0.05, 0) is 30.5 Å². The third-order valence-corrected chi connectivity index (χ3v) is 5.70. The molecule has 2 aromatic carbocycles. The zero-order chi connectivity index (χ0) is 19.8. The van der Waals surface area contributed by atoms with Crippen molar-refractivity contribution in [1.82, 2.24) is 10.3 Å². The summed E-state index contributed by atoms with van der Waals surface area (Å²) in [6.07, 6.45) is 5.71. The van der Waals surface area contributed by atoms with Crippen LogP contribution in [0.3, 0.4) is 0 Å². The number of ether oxygens (including phenoxy) is 2. The molecule has 3 aromatic rings. The molecule has 29 heavy (non-hydrogen) atoms. The lowest BCUT2D eigenvalue weighted by molar-refractivity contribution is 0.0497. The van der Waals surface area contributed by atoms with E-state index in [9.17, 15) is 0 Å². The first-order valence-electron chi connectivity index (χ1n) is 10.3. The average molecular weight is 389 g/mol. The van der Waals surface area contributed by atoms with Crippen LogP contribution in [-0.2, 0) is 23.3 Å². The molecule has 1 N–H and O–H groups in total. The fraction of sp³-hybridized carbons (Fsp3) is 0.320. The largest absolute Gasteiger partial charge is 0.489 e. The molecule has 0 saturated carbocycles. The number of para-hydroxylation sites is 1. The molecule has 1 aliphatic rings. The van der Waals surface area contributed by atoms with E-state index in [1.807, 2.05) is 30.5 Å². The molecule has 150 valence electrons. The Morgan fingerprint density at radius 2 is 1.72 bits per heavy atom. The van der Waals surface area contributed by atoms with Gasteiger partial charge in [-0.1, -0.05) is 54.6 Å². The second-order valence-corrected chi connectivity index (χ2v) is 7.62. The van der Waals surface area contributed by atoms with Gasteiger partial charge in [0, 0.05) is 55.2 Å². The van der Waals surface area contributed by atoms with E-state index in [-0.39, 0.29) is 5.41 Å². The Morgan fingerprint density at radius 3 is 2.52 bits per heavy atom. The molecule has 0 aliphatic carbocycles. The standard InChI is InChI=1S/C25H28N2O2/c1-2-9-23(10-3-1)25(12-15-28-16-13-25)20-27-18-22-8-4-5-11-24(22)29-19-21-7-6-14-26-17-21/h1-11,14,17,27H,12-13,15-16,18-20H2. The number of aromatic nitrogens is 1. The van der Waals surface area contributed by atoms with Gasteiger partial charge in [0.15, 0.2) is 0 Å². The van der Waals surface area contributed by atoms with Crippen molar-refractivity contribution in [3.63, 3.8) is 0 Å². The van der Waals surface area contributed by atoms with Gasteiger partial charge in [0.2, 0.25) is 0 Å². The van der Waals surface area contributed by atoms with Crippen molar-refractivity contribution in [3.05, 3.63) is 95.8 Å². The Labute approximate surface area is 172 Å². The number of rotatable bonds is 8. The van der Waals surface area contributed by atoms with Crippen molar-refractivity contribution < 1.29 is 9.47 Å². The number of hydrogen-bond donors (Lipinski definition) is 1. The van der Waals surface area contributed by atoms with Crippen LogP contribution in [0, 0.1) is 0 Å². The predicted octanol–water partition coefficient (Wildman–Crippen LogP) is 4.50. The first-order chi connectivity index (χ1) is 14.4. The van der Waals surface area contributed by atoms with Gasteiger partial charge in [0.1, 0.15) is 12.4 Å². The lowest BCUT2D eigenvalue weighted by Gasteiger charge is -2.38. The molecular weight excluding hydrogens is 360 g/mol. The number of benzene rings is 2. The van der Waals surface area contributed by atoms with Crippen LogP contribution in [-0.4, -0.2) is 24.7 Å². The minimum Gasteiger partial charge on any atom is -0.489 e. The summed E-state index contributed by atoms with van der Waals surface area (Å²) in [6.45, 7) is 3.87. The molecule has 0 radical (unpaired) electrons. The number of nitrogens with zero attached hydrogens (tertiary/aromatic N) is 1. The van der Waals surface area contributed by atoms with E-state index in [1.54, 1.807) is 6.20 Å². The van der Waals surface area contributed by atoms with Gasteiger partial charge in [-0.25, -0.2) is 0 Å². The average Bonchev–Trinajstić information content (AvgIpc) is 2.80. The Balaban J connectivity index is 1.41. The molecule has 4 nitrogen and oxygen atoms in total. The highest BCUT2D eigenvalue weighted by Crippen LogP contribution is 2.34. The molecule has 4 rings (SSSR count). The summed E-state index contributed by atoms with van der Waals surface area (Å²) >= 11 is 0. The third kappa shape index (κ3) is 5.03.